The van der Waals surface area contributed by atoms with E-state index in [2.05, 4.69) is 4.98 Å². The van der Waals surface area contributed by atoms with Crippen LogP contribution in [0.25, 0.3) is 0 Å². The molecule has 0 aromatic carbocycles. The zero-order valence-corrected chi connectivity index (χ0v) is 13.3. The molecular weight excluding hydrogens is 300 g/mol. The Morgan fingerprint density at radius 3 is 2.73 bits per heavy atom. The lowest BCUT2D eigenvalue weighted by atomic mass is 10.2. The van der Waals surface area contributed by atoms with Crippen LogP contribution < -0.4 is 11.2 Å². The number of hydrogen-bond donors (Lipinski definition) is 0. The van der Waals surface area contributed by atoms with Crippen molar-refractivity contribution in [1.82, 2.24) is 14.1 Å². The predicted molar refractivity (Wildman–Crippen MR) is 83.3 cm³/mol. The minimum absolute atomic E-state index is 0.00538. The fraction of sp³-hybridized carbons (Fsp3) is 0.467. The minimum atomic E-state index is -0.538. The van der Waals surface area contributed by atoms with Crippen molar-refractivity contribution >= 4 is 11.3 Å². The molecule has 1 fully saturated rings. The molecule has 0 saturated heterocycles. The van der Waals surface area contributed by atoms with E-state index in [1.807, 2.05) is 25.3 Å². The molecule has 114 valence electrons. The molecule has 0 radical (unpaired) electrons. The van der Waals surface area contributed by atoms with Gasteiger partial charge >= 0.3 is 5.69 Å². The van der Waals surface area contributed by atoms with E-state index in [4.69, 9.17) is 5.26 Å². The van der Waals surface area contributed by atoms with Crippen molar-refractivity contribution in [3.05, 3.63) is 48.7 Å². The first-order valence-electron chi connectivity index (χ1n) is 7.21. The van der Waals surface area contributed by atoms with Crippen LogP contribution in [0.2, 0.25) is 0 Å². The van der Waals surface area contributed by atoms with Crippen LogP contribution in [0.3, 0.4) is 0 Å². The molecule has 0 N–H and O–H groups in total. The highest BCUT2D eigenvalue weighted by Gasteiger charge is 2.27. The Morgan fingerprint density at radius 1 is 1.45 bits per heavy atom. The molecule has 3 rings (SSSR count). The third kappa shape index (κ3) is 2.62. The summed E-state index contributed by atoms with van der Waals surface area (Å²) in [5.74, 6) is 0.309. The maximum atomic E-state index is 12.5. The molecule has 2 aromatic heterocycles. The SMILES string of the molecule is CC(C)c1nc(Cn2c(=O)c(C#N)cn(C3CC3)c2=O)cs1. The maximum absolute atomic E-state index is 12.5. The molecule has 1 aliphatic carbocycles. The van der Waals surface area contributed by atoms with Gasteiger partial charge in [-0.05, 0) is 12.8 Å². The molecule has 1 saturated carbocycles. The van der Waals surface area contributed by atoms with E-state index in [0.29, 0.717) is 11.6 Å². The van der Waals surface area contributed by atoms with Crippen molar-refractivity contribution in [1.29, 1.82) is 5.26 Å². The van der Waals surface area contributed by atoms with E-state index in [1.165, 1.54) is 22.1 Å². The zero-order valence-electron chi connectivity index (χ0n) is 12.4. The maximum Gasteiger partial charge on any atom is 0.331 e. The third-order valence-electron chi connectivity index (χ3n) is 3.64. The van der Waals surface area contributed by atoms with Crippen LogP contribution >= 0.6 is 11.3 Å². The Labute approximate surface area is 131 Å². The highest BCUT2D eigenvalue weighted by molar-refractivity contribution is 7.09. The van der Waals surface area contributed by atoms with E-state index in [9.17, 15) is 9.59 Å². The van der Waals surface area contributed by atoms with E-state index in [-0.39, 0.29) is 23.8 Å². The van der Waals surface area contributed by atoms with Crippen molar-refractivity contribution in [2.24, 2.45) is 0 Å². The first-order valence-corrected chi connectivity index (χ1v) is 8.09. The van der Waals surface area contributed by atoms with Gasteiger partial charge in [0.2, 0.25) is 0 Å². The Bertz CT molecular complexity index is 865. The van der Waals surface area contributed by atoms with Crippen LogP contribution in [0, 0.1) is 11.3 Å². The molecule has 22 heavy (non-hydrogen) atoms. The smallest absolute Gasteiger partial charge is 0.296 e. The van der Waals surface area contributed by atoms with Gasteiger partial charge in [0.1, 0.15) is 11.6 Å². The topological polar surface area (TPSA) is 80.7 Å². The molecule has 2 heterocycles. The van der Waals surface area contributed by atoms with E-state index < -0.39 is 5.56 Å². The normalized spacial score (nSPS) is 14.3. The van der Waals surface area contributed by atoms with Gasteiger partial charge in [-0.25, -0.2) is 9.78 Å². The lowest BCUT2D eigenvalue weighted by Crippen LogP contribution is -2.41. The summed E-state index contributed by atoms with van der Waals surface area (Å²) in [5, 5.41) is 11.9. The van der Waals surface area contributed by atoms with Crippen LogP contribution in [-0.4, -0.2) is 14.1 Å². The summed E-state index contributed by atoms with van der Waals surface area (Å²) in [6.45, 7) is 4.21. The number of nitrogens with zero attached hydrogens (tertiary/aromatic N) is 4. The van der Waals surface area contributed by atoms with Crippen LogP contribution in [0.5, 0.6) is 0 Å². The molecule has 0 atom stereocenters. The summed E-state index contributed by atoms with van der Waals surface area (Å²) < 4.78 is 2.63. The summed E-state index contributed by atoms with van der Waals surface area (Å²) in [7, 11) is 0. The molecule has 1 aliphatic rings. The number of rotatable bonds is 4. The zero-order chi connectivity index (χ0) is 15.9. The highest BCUT2D eigenvalue weighted by Crippen LogP contribution is 2.33. The molecule has 0 spiro atoms. The van der Waals surface area contributed by atoms with Crippen molar-refractivity contribution < 1.29 is 0 Å². The third-order valence-corrected chi connectivity index (χ3v) is 4.83. The Hall–Kier alpha value is -2.20. The summed E-state index contributed by atoms with van der Waals surface area (Å²) in [5.41, 5.74) is -0.203. The Morgan fingerprint density at radius 2 is 2.18 bits per heavy atom. The number of aromatic nitrogens is 3. The molecule has 0 aliphatic heterocycles. The van der Waals surface area contributed by atoms with Gasteiger partial charge < -0.3 is 0 Å². The van der Waals surface area contributed by atoms with E-state index >= 15 is 0 Å². The van der Waals surface area contributed by atoms with Gasteiger partial charge in [-0.15, -0.1) is 11.3 Å². The monoisotopic (exact) mass is 316 g/mol. The highest BCUT2D eigenvalue weighted by atomic mass is 32.1. The summed E-state index contributed by atoms with van der Waals surface area (Å²) in [6.07, 6.45) is 3.22. The minimum Gasteiger partial charge on any atom is -0.296 e. The van der Waals surface area contributed by atoms with Gasteiger partial charge in [-0.3, -0.25) is 13.9 Å². The first-order chi connectivity index (χ1) is 10.5. The standard InChI is InChI=1S/C15H16N4O2S/c1-9(2)13-17-11(8-22-13)7-19-14(20)10(5-16)6-18(15(19)21)12-3-4-12/h6,8-9,12H,3-4,7H2,1-2H3. The van der Waals surface area contributed by atoms with E-state index in [0.717, 1.165) is 22.4 Å². The second-order valence-electron chi connectivity index (χ2n) is 5.80. The van der Waals surface area contributed by atoms with Crippen LogP contribution in [0.15, 0.2) is 21.2 Å². The van der Waals surface area contributed by atoms with Gasteiger partial charge in [0, 0.05) is 23.5 Å². The number of nitriles is 1. The van der Waals surface area contributed by atoms with Gasteiger partial charge in [-0.1, -0.05) is 13.8 Å². The lowest BCUT2D eigenvalue weighted by Gasteiger charge is -2.09. The predicted octanol–water partition coefficient (Wildman–Crippen LogP) is 1.84. The molecule has 6 nitrogen and oxygen atoms in total. The molecule has 0 unspecified atom stereocenters. The van der Waals surface area contributed by atoms with Crippen LogP contribution in [0.4, 0.5) is 0 Å². The quantitative estimate of drug-likeness (QED) is 0.862. The fourth-order valence-corrected chi connectivity index (χ4v) is 3.10. The van der Waals surface area contributed by atoms with Gasteiger partial charge in [-0.2, -0.15) is 5.26 Å². The lowest BCUT2D eigenvalue weighted by molar-refractivity contribution is 0.583. The largest absolute Gasteiger partial charge is 0.331 e. The Kier molecular flexibility index (Phi) is 3.71. The molecule has 0 bridgehead atoms. The number of thiazole rings is 1. The molecular formula is C15H16N4O2S. The van der Waals surface area contributed by atoms with Gasteiger partial charge in [0.15, 0.2) is 0 Å². The summed E-state index contributed by atoms with van der Waals surface area (Å²) in [4.78, 5) is 29.2. The average Bonchev–Trinajstić information content (AvgIpc) is 3.21. The van der Waals surface area contributed by atoms with Gasteiger partial charge in [0.25, 0.3) is 5.56 Å². The average molecular weight is 316 g/mol. The molecule has 7 heteroatoms. The Balaban J connectivity index is 2.05. The second kappa shape index (κ2) is 5.54. The second-order valence-corrected chi connectivity index (χ2v) is 6.69. The molecule has 2 aromatic rings. The number of hydrogen-bond acceptors (Lipinski definition) is 5. The van der Waals surface area contributed by atoms with Crippen molar-refractivity contribution in [2.75, 3.05) is 0 Å². The van der Waals surface area contributed by atoms with Crippen molar-refractivity contribution in [2.45, 2.75) is 45.2 Å². The summed E-state index contributed by atoms with van der Waals surface area (Å²) >= 11 is 1.52. The van der Waals surface area contributed by atoms with Crippen LogP contribution in [-0.2, 0) is 6.54 Å². The van der Waals surface area contributed by atoms with Crippen molar-refractivity contribution in [3.8, 4) is 6.07 Å². The molecule has 0 amide bonds. The van der Waals surface area contributed by atoms with Crippen molar-refractivity contribution in [3.63, 3.8) is 0 Å². The fourth-order valence-electron chi connectivity index (χ4n) is 2.27. The van der Waals surface area contributed by atoms with E-state index in [1.54, 1.807) is 0 Å². The first kappa shape index (κ1) is 14.7. The summed E-state index contributed by atoms with van der Waals surface area (Å²) in [6, 6.07) is 2.00. The van der Waals surface area contributed by atoms with Crippen LogP contribution in [0.1, 0.15) is 54.9 Å². The van der Waals surface area contributed by atoms with Gasteiger partial charge in [0.05, 0.1) is 17.2 Å².